The molecule has 7 heteroatoms. The number of aliphatic carboxylic acids is 1. The number of amides is 3. The highest BCUT2D eigenvalue weighted by Gasteiger charge is 2.41. The first-order chi connectivity index (χ1) is 9.32. The quantitative estimate of drug-likeness (QED) is 0.684. The van der Waals surface area contributed by atoms with Crippen LogP contribution in [0.5, 0.6) is 0 Å². The molecule has 0 aromatic carbocycles. The Balaban J connectivity index is 1.85. The summed E-state index contributed by atoms with van der Waals surface area (Å²) in [6.45, 7) is 2.59. The number of hydrogen-bond acceptors (Lipinski definition) is 3. The van der Waals surface area contributed by atoms with Gasteiger partial charge in [0.15, 0.2) is 0 Å². The van der Waals surface area contributed by atoms with Gasteiger partial charge in [-0.05, 0) is 32.6 Å². The van der Waals surface area contributed by atoms with Crippen LogP contribution in [0.25, 0.3) is 0 Å². The van der Waals surface area contributed by atoms with Crippen molar-refractivity contribution in [2.45, 2.75) is 38.6 Å². The molecule has 1 saturated carbocycles. The van der Waals surface area contributed by atoms with Crippen LogP contribution in [-0.4, -0.2) is 47.0 Å². The van der Waals surface area contributed by atoms with E-state index in [4.69, 9.17) is 10.8 Å². The fourth-order valence-electron chi connectivity index (χ4n) is 2.94. The van der Waals surface area contributed by atoms with E-state index in [1.165, 1.54) is 0 Å². The van der Waals surface area contributed by atoms with Crippen LogP contribution in [0.15, 0.2) is 0 Å². The van der Waals surface area contributed by atoms with Gasteiger partial charge < -0.3 is 21.1 Å². The zero-order valence-electron chi connectivity index (χ0n) is 11.6. The van der Waals surface area contributed by atoms with Gasteiger partial charge in [0.25, 0.3) is 0 Å². The first kappa shape index (κ1) is 14.6. The molecule has 0 aromatic rings. The summed E-state index contributed by atoms with van der Waals surface area (Å²) in [4.78, 5) is 35.9. The molecule has 3 amide bonds. The van der Waals surface area contributed by atoms with E-state index in [1.807, 2.05) is 0 Å². The van der Waals surface area contributed by atoms with E-state index >= 15 is 0 Å². The van der Waals surface area contributed by atoms with E-state index in [-0.39, 0.29) is 23.9 Å². The zero-order valence-corrected chi connectivity index (χ0v) is 11.6. The first-order valence-electron chi connectivity index (χ1n) is 6.90. The molecule has 0 bridgehead atoms. The summed E-state index contributed by atoms with van der Waals surface area (Å²) in [5.74, 6) is -1.56. The number of carboxylic acid groups (broad SMARTS) is 1. The molecular weight excluding hydrogens is 262 g/mol. The number of carbonyl (C=O) groups excluding carboxylic acids is 2. The van der Waals surface area contributed by atoms with E-state index < -0.39 is 11.4 Å². The Kier molecular flexibility index (Phi) is 3.87. The molecule has 3 unspecified atom stereocenters. The monoisotopic (exact) mass is 283 g/mol. The normalized spacial score (nSPS) is 33.1. The van der Waals surface area contributed by atoms with Crippen molar-refractivity contribution in [3.63, 3.8) is 0 Å². The summed E-state index contributed by atoms with van der Waals surface area (Å²) < 4.78 is 0. The van der Waals surface area contributed by atoms with Crippen molar-refractivity contribution in [3.8, 4) is 0 Å². The molecule has 1 saturated heterocycles. The Bertz CT molecular complexity index is 439. The topological polar surface area (TPSA) is 113 Å². The molecule has 4 N–H and O–H groups in total. The maximum absolute atomic E-state index is 12.1. The average molecular weight is 283 g/mol. The van der Waals surface area contributed by atoms with Crippen molar-refractivity contribution in [3.05, 3.63) is 0 Å². The second-order valence-corrected chi connectivity index (χ2v) is 6.09. The fourth-order valence-corrected chi connectivity index (χ4v) is 2.94. The molecule has 2 aliphatic rings. The van der Waals surface area contributed by atoms with Crippen molar-refractivity contribution in [2.75, 3.05) is 13.1 Å². The number of carbonyl (C=O) groups is 3. The third-order valence-electron chi connectivity index (χ3n) is 4.46. The number of nitrogens with two attached hydrogens (primary N) is 1. The third-order valence-corrected chi connectivity index (χ3v) is 4.46. The van der Waals surface area contributed by atoms with Crippen LogP contribution in [-0.2, 0) is 9.59 Å². The van der Waals surface area contributed by atoms with Gasteiger partial charge >= 0.3 is 12.0 Å². The third kappa shape index (κ3) is 2.86. The smallest absolute Gasteiger partial charge is 0.317 e. The van der Waals surface area contributed by atoms with Crippen molar-refractivity contribution in [1.82, 2.24) is 10.2 Å². The predicted octanol–water partition coefficient (Wildman–Crippen LogP) is 0.147. The molecule has 1 aliphatic carbocycles. The molecule has 112 valence electrons. The number of rotatable bonds is 3. The molecule has 0 aromatic heterocycles. The zero-order chi connectivity index (χ0) is 14.9. The van der Waals surface area contributed by atoms with Crippen LogP contribution in [0.2, 0.25) is 0 Å². The van der Waals surface area contributed by atoms with Crippen LogP contribution in [0.1, 0.15) is 32.6 Å². The standard InChI is InChI=1S/C13H21N3O4/c1-13(11(14)19)4-5-16(7-13)12(20)15-9-3-2-8(6-9)10(17)18/h8-9H,2-7H2,1H3,(H2,14,19)(H,15,20)(H,17,18). The van der Waals surface area contributed by atoms with Gasteiger partial charge in [0.2, 0.25) is 5.91 Å². The average Bonchev–Trinajstić information content (AvgIpc) is 2.97. The lowest BCUT2D eigenvalue weighted by atomic mass is 9.89. The highest BCUT2D eigenvalue weighted by molar-refractivity contribution is 5.83. The van der Waals surface area contributed by atoms with Crippen molar-refractivity contribution >= 4 is 17.9 Å². The largest absolute Gasteiger partial charge is 0.481 e. The predicted molar refractivity (Wildman–Crippen MR) is 70.8 cm³/mol. The van der Waals surface area contributed by atoms with E-state index in [0.717, 1.165) is 0 Å². The van der Waals surface area contributed by atoms with Gasteiger partial charge in [-0.3, -0.25) is 9.59 Å². The van der Waals surface area contributed by atoms with E-state index in [9.17, 15) is 14.4 Å². The van der Waals surface area contributed by atoms with Gasteiger partial charge in [-0.15, -0.1) is 0 Å². The lowest BCUT2D eigenvalue weighted by Crippen LogP contribution is -2.45. The van der Waals surface area contributed by atoms with Crippen molar-refractivity contribution < 1.29 is 19.5 Å². The Morgan fingerprint density at radius 2 is 2.05 bits per heavy atom. The number of nitrogens with zero attached hydrogens (tertiary/aromatic N) is 1. The number of carboxylic acids is 1. The molecule has 0 spiro atoms. The number of likely N-dealkylation sites (tertiary alicyclic amines) is 1. The van der Waals surface area contributed by atoms with Gasteiger partial charge in [0.05, 0.1) is 11.3 Å². The molecule has 1 aliphatic heterocycles. The molecular formula is C13H21N3O4. The van der Waals surface area contributed by atoms with E-state index in [1.54, 1.807) is 11.8 Å². The lowest BCUT2D eigenvalue weighted by molar-refractivity contribution is -0.141. The summed E-state index contributed by atoms with van der Waals surface area (Å²) in [5, 5.41) is 11.8. The van der Waals surface area contributed by atoms with Gasteiger partial charge in [-0.1, -0.05) is 0 Å². The fraction of sp³-hybridized carbons (Fsp3) is 0.769. The number of hydrogen-bond donors (Lipinski definition) is 3. The summed E-state index contributed by atoms with van der Waals surface area (Å²) in [6, 6.07) is -0.324. The molecule has 20 heavy (non-hydrogen) atoms. The molecule has 2 rings (SSSR count). The second-order valence-electron chi connectivity index (χ2n) is 6.09. The highest BCUT2D eigenvalue weighted by atomic mass is 16.4. The minimum atomic E-state index is -0.802. The maximum atomic E-state index is 12.1. The number of urea groups is 1. The SMILES string of the molecule is CC1(C(N)=O)CCN(C(=O)NC2CCC(C(=O)O)C2)C1. The van der Waals surface area contributed by atoms with Gasteiger partial charge in [0, 0.05) is 19.1 Å². The van der Waals surface area contributed by atoms with Gasteiger partial charge in [-0.25, -0.2) is 4.79 Å². The van der Waals surface area contributed by atoms with Crippen LogP contribution in [0.3, 0.4) is 0 Å². The first-order valence-corrected chi connectivity index (χ1v) is 6.90. The van der Waals surface area contributed by atoms with Gasteiger partial charge in [-0.2, -0.15) is 0 Å². The highest BCUT2D eigenvalue weighted by Crippen LogP contribution is 2.30. The molecule has 0 radical (unpaired) electrons. The Morgan fingerprint density at radius 3 is 2.55 bits per heavy atom. The Labute approximate surface area is 117 Å². The minimum Gasteiger partial charge on any atom is -0.481 e. The molecule has 2 fully saturated rings. The molecule has 1 heterocycles. The van der Waals surface area contributed by atoms with Crippen LogP contribution in [0.4, 0.5) is 4.79 Å². The maximum Gasteiger partial charge on any atom is 0.317 e. The van der Waals surface area contributed by atoms with E-state index in [0.29, 0.717) is 38.8 Å². The number of primary amides is 1. The number of nitrogens with one attached hydrogen (secondary N) is 1. The van der Waals surface area contributed by atoms with Gasteiger partial charge in [0.1, 0.15) is 0 Å². The Morgan fingerprint density at radius 1 is 1.35 bits per heavy atom. The minimum absolute atomic E-state index is 0.0935. The summed E-state index contributed by atoms with van der Waals surface area (Å²) >= 11 is 0. The Hall–Kier alpha value is -1.79. The van der Waals surface area contributed by atoms with Crippen LogP contribution in [0, 0.1) is 11.3 Å². The summed E-state index contributed by atoms with van der Waals surface area (Å²) in [5.41, 5.74) is 4.69. The summed E-state index contributed by atoms with van der Waals surface area (Å²) in [7, 11) is 0. The second kappa shape index (κ2) is 5.30. The van der Waals surface area contributed by atoms with Crippen molar-refractivity contribution in [1.29, 1.82) is 0 Å². The molecule has 3 atom stereocenters. The summed E-state index contributed by atoms with van der Waals surface area (Å²) in [6.07, 6.45) is 2.32. The van der Waals surface area contributed by atoms with Crippen LogP contribution >= 0.6 is 0 Å². The molecule has 7 nitrogen and oxygen atoms in total. The van der Waals surface area contributed by atoms with Crippen molar-refractivity contribution in [2.24, 2.45) is 17.1 Å². The lowest BCUT2D eigenvalue weighted by Gasteiger charge is -2.23. The van der Waals surface area contributed by atoms with Crippen LogP contribution < -0.4 is 11.1 Å². The van der Waals surface area contributed by atoms with E-state index in [2.05, 4.69) is 5.32 Å².